The highest BCUT2D eigenvalue weighted by atomic mass is 32.2. The second-order valence-electron chi connectivity index (χ2n) is 5.32. The molecule has 2 aromatic carbocycles. The molecule has 3 rings (SSSR count). The third-order valence-corrected chi connectivity index (χ3v) is 5.52. The van der Waals surface area contributed by atoms with Crippen LogP contribution in [-0.4, -0.2) is 23.2 Å². The molecule has 27 heavy (non-hydrogen) atoms. The highest BCUT2D eigenvalue weighted by Gasteiger charge is 2.09. The summed E-state index contributed by atoms with van der Waals surface area (Å²) >= 11 is 2.61. The summed E-state index contributed by atoms with van der Waals surface area (Å²) < 4.78 is 19.5. The van der Waals surface area contributed by atoms with Gasteiger partial charge in [0.05, 0.1) is 7.11 Å². The summed E-state index contributed by atoms with van der Waals surface area (Å²) in [6, 6.07) is 14.0. The van der Waals surface area contributed by atoms with Crippen LogP contribution < -0.4 is 10.1 Å². The van der Waals surface area contributed by atoms with Gasteiger partial charge in [-0.05, 0) is 23.8 Å². The molecule has 138 valence electrons. The predicted molar refractivity (Wildman–Crippen MR) is 107 cm³/mol. The van der Waals surface area contributed by atoms with E-state index in [1.165, 1.54) is 35.2 Å². The van der Waals surface area contributed by atoms with Crippen LogP contribution in [0.5, 0.6) is 5.75 Å². The molecule has 1 heterocycles. The highest BCUT2D eigenvalue weighted by Crippen LogP contribution is 2.29. The topological polar surface area (TPSA) is 64.1 Å². The molecule has 1 aromatic heterocycles. The third kappa shape index (κ3) is 5.38. The third-order valence-electron chi connectivity index (χ3n) is 3.50. The van der Waals surface area contributed by atoms with Gasteiger partial charge in [0.2, 0.25) is 11.0 Å². The quantitative estimate of drug-likeness (QED) is 0.355. The first-order chi connectivity index (χ1) is 13.2. The Kier molecular flexibility index (Phi) is 6.56. The SMILES string of the molecule is COc1ccccc1C=CC(=O)Nc1nnc(SCc2ccccc2F)s1. The monoisotopic (exact) mass is 401 g/mol. The Hall–Kier alpha value is -2.71. The van der Waals surface area contributed by atoms with Crippen LogP contribution in [0.1, 0.15) is 11.1 Å². The molecule has 1 N–H and O–H groups in total. The van der Waals surface area contributed by atoms with Crippen molar-refractivity contribution in [3.63, 3.8) is 0 Å². The lowest BCUT2D eigenvalue weighted by molar-refractivity contribution is -0.111. The molecule has 0 saturated heterocycles. The van der Waals surface area contributed by atoms with E-state index in [2.05, 4.69) is 15.5 Å². The van der Waals surface area contributed by atoms with Crippen LogP contribution in [0, 0.1) is 5.82 Å². The summed E-state index contributed by atoms with van der Waals surface area (Å²) in [4.78, 5) is 12.1. The van der Waals surface area contributed by atoms with Gasteiger partial charge < -0.3 is 4.74 Å². The van der Waals surface area contributed by atoms with Gasteiger partial charge in [0, 0.05) is 17.4 Å². The lowest BCUT2D eigenvalue weighted by Gasteiger charge is -2.03. The molecule has 0 radical (unpaired) electrons. The average molecular weight is 401 g/mol. The van der Waals surface area contributed by atoms with Crippen molar-refractivity contribution in [2.75, 3.05) is 12.4 Å². The summed E-state index contributed by atoms with van der Waals surface area (Å²) in [5.74, 6) is 0.569. The number of methoxy groups -OCH3 is 1. The lowest BCUT2D eigenvalue weighted by Crippen LogP contribution is -2.07. The Morgan fingerprint density at radius 1 is 1.22 bits per heavy atom. The van der Waals surface area contributed by atoms with Crippen molar-refractivity contribution in [1.29, 1.82) is 0 Å². The van der Waals surface area contributed by atoms with E-state index in [1.807, 2.05) is 24.3 Å². The highest BCUT2D eigenvalue weighted by molar-refractivity contribution is 8.00. The number of nitrogens with zero attached hydrogens (tertiary/aromatic N) is 2. The zero-order valence-corrected chi connectivity index (χ0v) is 16.0. The normalized spacial score (nSPS) is 10.9. The molecule has 0 aliphatic rings. The van der Waals surface area contributed by atoms with Crippen molar-refractivity contribution in [2.45, 2.75) is 10.1 Å². The lowest BCUT2D eigenvalue weighted by atomic mass is 10.2. The maximum atomic E-state index is 13.6. The Balaban J connectivity index is 1.56. The number of nitrogens with one attached hydrogen (secondary N) is 1. The van der Waals surface area contributed by atoms with Crippen LogP contribution in [0.4, 0.5) is 9.52 Å². The number of carbonyl (C=O) groups is 1. The molecule has 0 fully saturated rings. The smallest absolute Gasteiger partial charge is 0.250 e. The number of thioether (sulfide) groups is 1. The van der Waals surface area contributed by atoms with Crippen molar-refractivity contribution in [3.8, 4) is 5.75 Å². The summed E-state index contributed by atoms with van der Waals surface area (Å²) in [5.41, 5.74) is 1.40. The second kappa shape index (κ2) is 9.29. The van der Waals surface area contributed by atoms with E-state index in [0.717, 1.165) is 5.56 Å². The standard InChI is InChI=1S/C19H16FN3O2S2/c1-25-16-9-5-3-6-13(16)10-11-17(24)21-18-22-23-19(27-18)26-12-14-7-2-4-8-15(14)20/h2-11H,12H2,1H3,(H,21,22,24). The van der Waals surface area contributed by atoms with Crippen LogP contribution in [-0.2, 0) is 10.5 Å². The van der Waals surface area contributed by atoms with Crippen LogP contribution in [0.15, 0.2) is 58.9 Å². The molecule has 8 heteroatoms. The number of carbonyl (C=O) groups excluding carboxylic acids is 1. The Morgan fingerprint density at radius 2 is 2.00 bits per heavy atom. The van der Waals surface area contributed by atoms with Gasteiger partial charge in [0.1, 0.15) is 11.6 Å². The molecule has 0 aliphatic heterocycles. The summed E-state index contributed by atoms with van der Waals surface area (Å²) in [5, 5.41) is 11.0. The number of ether oxygens (including phenoxy) is 1. The molecule has 1 amide bonds. The van der Waals surface area contributed by atoms with Gasteiger partial charge in [-0.1, -0.05) is 59.5 Å². The Bertz CT molecular complexity index is 959. The number of aromatic nitrogens is 2. The van der Waals surface area contributed by atoms with Gasteiger partial charge in [-0.15, -0.1) is 10.2 Å². The molecule has 0 saturated carbocycles. The Labute approximate surface area is 164 Å². The number of rotatable bonds is 7. The molecule has 5 nitrogen and oxygen atoms in total. The van der Waals surface area contributed by atoms with E-state index in [-0.39, 0.29) is 11.7 Å². The van der Waals surface area contributed by atoms with Crippen molar-refractivity contribution in [1.82, 2.24) is 10.2 Å². The van der Waals surface area contributed by atoms with Crippen LogP contribution in [0.2, 0.25) is 0 Å². The van der Waals surface area contributed by atoms with Gasteiger partial charge in [0.15, 0.2) is 4.34 Å². The van der Waals surface area contributed by atoms with Crippen LogP contribution in [0.25, 0.3) is 6.08 Å². The average Bonchev–Trinajstić information content (AvgIpc) is 3.13. The minimum atomic E-state index is -0.317. The van der Waals surface area contributed by atoms with Crippen LogP contribution in [0.3, 0.4) is 0 Å². The van der Waals surface area contributed by atoms with E-state index in [9.17, 15) is 9.18 Å². The van der Waals surface area contributed by atoms with E-state index < -0.39 is 0 Å². The molecule has 0 atom stereocenters. The molecular weight excluding hydrogens is 385 g/mol. The predicted octanol–water partition coefficient (Wildman–Crippen LogP) is 4.63. The first-order valence-electron chi connectivity index (χ1n) is 7.97. The fourth-order valence-electron chi connectivity index (χ4n) is 2.19. The largest absolute Gasteiger partial charge is 0.496 e. The van der Waals surface area contributed by atoms with Crippen molar-refractivity contribution in [3.05, 3.63) is 71.6 Å². The number of hydrogen-bond acceptors (Lipinski definition) is 6. The zero-order valence-electron chi connectivity index (χ0n) is 14.4. The number of anilines is 1. The number of hydrogen-bond donors (Lipinski definition) is 1. The molecule has 3 aromatic rings. The van der Waals surface area contributed by atoms with Gasteiger partial charge in [-0.3, -0.25) is 10.1 Å². The summed E-state index contributed by atoms with van der Waals surface area (Å²) in [6.07, 6.45) is 3.08. The van der Waals surface area contributed by atoms with Gasteiger partial charge in [-0.25, -0.2) is 4.39 Å². The van der Waals surface area contributed by atoms with Crippen molar-refractivity contribution >= 4 is 40.2 Å². The molecule has 0 aliphatic carbocycles. The van der Waals surface area contributed by atoms with Crippen molar-refractivity contribution < 1.29 is 13.9 Å². The second-order valence-corrected chi connectivity index (χ2v) is 7.52. The Morgan fingerprint density at radius 3 is 2.81 bits per heavy atom. The molecular formula is C19H16FN3O2S2. The van der Waals surface area contributed by atoms with E-state index in [4.69, 9.17) is 4.74 Å². The van der Waals surface area contributed by atoms with E-state index in [0.29, 0.717) is 26.5 Å². The van der Waals surface area contributed by atoms with Crippen LogP contribution >= 0.6 is 23.1 Å². The van der Waals surface area contributed by atoms with Crippen molar-refractivity contribution in [2.24, 2.45) is 0 Å². The number of amides is 1. The first-order valence-corrected chi connectivity index (χ1v) is 9.77. The minimum absolute atomic E-state index is 0.246. The fraction of sp³-hybridized carbons (Fsp3) is 0.105. The number of para-hydroxylation sites is 1. The first kappa shape index (κ1) is 19.1. The maximum absolute atomic E-state index is 13.6. The number of benzene rings is 2. The fourth-order valence-corrected chi connectivity index (χ4v) is 3.93. The summed E-state index contributed by atoms with van der Waals surface area (Å²) in [6.45, 7) is 0. The molecule has 0 bridgehead atoms. The van der Waals surface area contributed by atoms with E-state index >= 15 is 0 Å². The van der Waals surface area contributed by atoms with Gasteiger partial charge in [-0.2, -0.15) is 0 Å². The molecule has 0 spiro atoms. The number of halogens is 1. The zero-order chi connectivity index (χ0) is 19.1. The summed E-state index contributed by atoms with van der Waals surface area (Å²) in [7, 11) is 1.58. The minimum Gasteiger partial charge on any atom is -0.496 e. The molecule has 0 unspecified atom stereocenters. The van der Waals surface area contributed by atoms with E-state index in [1.54, 1.807) is 31.4 Å². The van der Waals surface area contributed by atoms with Gasteiger partial charge >= 0.3 is 0 Å². The maximum Gasteiger partial charge on any atom is 0.250 e. The van der Waals surface area contributed by atoms with Gasteiger partial charge in [0.25, 0.3) is 0 Å².